The zero-order valence-electron chi connectivity index (χ0n) is 11.8. The van der Waals surface area contributed by atoms with Crippen molar-refractivity contribution in [2.24, 2.45) is 0 Å². The molecule has 0 bridgehead atoms. The molecule has 3 rings (SSSR count). The summed E-state index contributed by atoms with van der Waals surface area (Å²) in [5.41, 5.74) is 0.701. The maximum atomic E-state index is 13.5. The summed E-state index contributed by atoms with van der Waals surface area (Å²) in [4.78, 5) is 6.59. The number of nitrogens with zero attached hydrogens (tertiary/aromatic N) is 4. The highest BCUT2D eigenvalue weighted by molar-refractivity contribution is 5.39. The fourth-order valence-electron chi connectivity index (χ4n) is 2.46. The number of nitrogens with one attached hydrogen (secondary N) is 1. The second kappa shape index (κ2) is 6.47. The van der Waals surface area contributed by atoms with E-state index in [0.717, 1.165) is 13.1 Å². The maximum Gasteiger partial charge on any atom is 0.247 e. The Hall–Kier alpha value is -2.24. The Bertz CT molecular complexity index is 598. The highest BCUT2D eigenvalue weighted by Crippen LogP contribution is 2.16. The van der Waals surface area contributed by atoms with Crippen LogP contribution in [0.15, 0.2) is 30.5 Å². The molecule has 0 radical (unpaired) electrons. The van der Waals surface area contributed by atoms with E-state index in [1.165, 1.54) is 18.9 Å². The van der Waals surface area contributed by atoms with Gasteiger partial charge < -0.3 is 10.2 Å². The first-order valence-corrected chi connectivity index (χ1v) is 7.25. The van der Waals surface area contributed by atoms with E-state index in [4.69, 9.17) is 0 Å². The molecule has 1 aromatic heterocycles. The van der Waals surface area contributed by atoms with Crippen molar-refractivity contribution >= 4 is 11.8 Å². The summed E-state index contributed by atoms with van der Waals surface area (Å²) in [5.74, 6) is 1.18. The number of rotatable bonds is 5. The van der Waals surface area contributed by atoms with Gasteiger partial charge in [0.15, 0.2) is 5.82 Å². The topological polar surface area (TPSA) is 53.9 Å². The average Bonchev–Trinajstić information content (AvgIpc) is 3.04. The molecule has 1 aliphatic rings. The van der Waals surface area contributed by atoms with Crippen LogP contribution in [0, 0.1) is 5.82 Å². The highest BCUT2D eigenvalue weighted by atomic mass is 19.1. The van der Waals surface area contributed by atoms with E-state index in [0.29, 0.717) is 30.3 Å². The Labute approximate surface area is 123 Å². The van der Waals surface area contributed by atoms with Gasteiger partial charge in [0.05, 0.1) is 6.20 Å². The minimum absolute atomic E-state index is 0.169. The van der Waals surface area contributed by atoms with Crippen LogP contribution in [0.2, 0.25) is 0 Å². The predicted octanol–water partition coefficient (Wildman–Crippen LogP) is 2.27. The van der Waals surface area contributed by atoms with Crippen LogP contribution in [0.5, 0.6) is 0 Å². The molecular weight excluding hydrogens is 269 g/mol. The second-order valence-corrected chi connectivity index (χ2v) is 5.10. The van der Waals surface area contributed by atoms with Crippen molar-refractivity contribution in [3.8, 4) is 0 Å². The predicted molar refractivity (Wildman–Crippen MR) is 79.9 cm³/mol. The van der Waals surface area contributed by atoms with E-state index < -0.39 is 0 Å². The van der Waals surface area contributed by atoms with Crippen LogP contribution in [0.25, 0.3) is 0 Å². The van der Waals surface area contributed by atoms with Crippen LogP contribution < -0.4 is 10.2 Å². The van der Waals surface area contributed by atoms with Crippen molar-refractivity contribution in [3.63, 3.8) is 0 Å². The zero-order chi connectivity index (χ0) is 14.5. The van der Waals surface area contributed by atoms with E-state index >= 15 is 0 Å². The minimum Gasteiger partial charge on any atom is -0.368 e. The largest absolute Gasteiger partial charge is 0.368 e. The standard InChI is InChI=1S/C15H18FN5/c16-13-6-2-1-5-12(13)7-8-17-14-11-18-20-15(19-14)21-9-3-4-10-21/h1-2,5-6,11H,3-4,7-10H2,(H,17,19,20). The van der Waals surface area contributed by atoms with E-state index in [1.54, 1.807) is 18.3 Å². The van der Waals surface area contributed by atoms with Crippen molar-refractivity contribution in [1.82, 2.24) is 15.2 Å². The molecule has 0 amide bonds. The lowest BCUT2D eigenvalue weighted by atomic mass is 10.1. The molecule has 1 aliphatic heterocycles. The number of benzene rings is 1. The van der Waals surface area contributed by atoms with Gasteiger partial charge in [-0.15, -0.1) is 5.10 Å². The van der Waals surface area contributed by atoms with E-state index in [2.05, 4.69) is 25.4 Å². The average molecular weight is 287 g/mol. The number of hydrogen-bond acceptors (Lipinski definition) is 5. The van der Waals surface area contributed by atoms with Gasteiger partial charge in [0.1, 0.15) is 5.82 Å². The van der Waals surface area contributed by atoms with Gasteiger partial charge in [-0.1, -0.05) is 18.2 Å². The summed E-state index contributed by atoms with van der Waals surface area (Å²) in [5, 5.41) is 11.2. The monoisotopic (exact) mass is 287 g/mol. The summed E-state index contributed by atoms with van der Waals surface area (Å²) in [6.45, 7) is 2.58. The first kappa shape index (κ1) is 13.7. The lowest BCUT2D eigenvalue weighted by Gasteiger charge is -2.14. The first-order valence-electron chi connectivity index (χ1n) is 7.25. The molecular formula is C15H18FN5. The van der Waals surface area contributed by atoms with E-state index in [9.17, 15) is 4.39 Å². The van der Waals surface area contributed by atoms with Gasteiger partial charge in [-0.2, -0.15) is 10.1 Å². The van der Waals surface area contributed by atoms with Crippen molar-refractivity contribution in [2.75, 3.05) is 29.9 Å². The molecule has 1 saturated heterocycles. The number of aromatic nitrogens is 3. The van der Waals surface area contributed by atoms with Gasteiger partial charge in [-0.05, 0) is 30.9 Å². The Kier molecular flexibility index (Phi) is 4.23. The molecule has 0 spiro atoms. The second-order valence-electron chi connectivity index (χ2n) is 5.10. The van der Waals surface area contributed by atoms with Crippen molar-refractivity contribution < 1.29 is 4.39 Å². The third-order valence-electron chi connectivity index (χ3n) is 3.59. The van der Waals surface area contributed by atoms with Gasteiger partial charge in [0.2, 0.25) is 5.95 Å². The smallest absolute Gasteiger partial charge is 0.247 e. The molecule has 0 saturated carbocycles. The van der Waals surface area contributed by atoms with Crippen molar-refractivity contribution in [3.05, 3.63) is 41.8 Å². The van der Waals surface area contributed by atoms with Crippen LogP contribution >= 0.6 is 0 Å². The summed E-state index contributed by atoms with van der Waals surface area (Å²) in [6, 6.07) is 6.82. The van der Waals surface area contributed by atoms with Gasteiger partial charge >= 0.3 is 0 Å². The van der Waals surface area contributed by atoms with Gasteiger partial charge in [-0.3, -0.25) is 0 Å². The molecule has 0 unspecified atom stereocenters. The number of hydrogen-bond donors (Lipinski definition) is 1. The highest BCUT2D eigenvalue weighted by Gasteiger charge is 2.15. The van der Waals surface area contributed by atoms with Crippen molar-refractivity contribution in [1.29, 1.82) is 0 Å². The first-order chi connectivity index (χ1) is 10.3. The molecule has 2 aromatic rings. The number of halogens is 1. The van der Waals surface area contributed by atoms with Crippen LogP contribution in [0.3, 0.4) is 0 Å². The Morgan fingerprint density at radius 3 is 2.81 bits per heavy atom. The van der Waals surface area contributed by atoms with Crippen LogP contribution in [0.1, 0.15) is 18.4 Å². The molecule has 0 aliphatic carbocycles. The fourth-order valence-corrected chi connectivity index (χ4v) is 2.46. The zero-order valence-corrected chi connectivity index (χ0v) is 11.8. The van der Waals surface area contributed by atoms with Gasteiger partial charge in [-0.25, -0.2) is 4.39 Å². The Morgan fingerprint density at radius 2 is 2.00 bits per heavy atom. The molecule has 21 heavy (non-hydrogen) atoms. The molecule has 1 aromatic carbocycles. The molecule has 6 heteroatoms. The SMILES string of the molecule is Fc1ccccc1CCNc1cnnc(N2CCCC2)n1. The summed E-state index contributed by atoms with van der Waals surface area (Å²) in [7, 11) is 0. The number of anilines is 2. The van der Waals surface area contributed by atoms with Crippen LogP contribution in [0.4, 0.5) is 16.2 Å². The third-order valence-corrected chi connectivity index (χ3v) is 3.59. The normalized spacial score (nSPS) is 14.4. The molecule has 2 heterocycles. The molecule has 1 fully saturated rings. The molecule has 110 valence electrons. The molecule has 5 nitrogen and oxygen atoms in total. The molecule has 0 atom stereocenters. The van der Waals surface area contributed by atoms with E-state index in [1.807, 2.05) is 6.07 Å². The summed E-state index contributed by atoms with van der Waals surface area (Å²) >= 11 is 0. The summed E-state index contributed by atoms with van der Waals surface area (Å²) < 4.78 is 13.5. The van der Waals surface area contributed by atoms with Crippen LogP contribution in [-0.4, -0.2) is 34.8 Å². The van der Waals surface area contributed by atoms with Gasteiger partial charge in [0.25, 0.3) is 0 Å². The Morgan fingerprint density at radius 1 is 1.19 bits per heavy atom. The third kappa shape index (κ3) is 3.45. The van der Waals surface area contributed by atoms with Gasteiger partial charge in [0, 0.05) is 19.6 Å². The van der Waals surface area contributed by atoms with Crippen molar-refractivity contribution in [2.45, 2.75) is 19.3 Å². The minimum atomic E-state index is -0.169. The lowest BCUT2D eigenvalue weighted by Crippen LogP contribution is -2.21. The lowest BCUT2D eigenvalue weighted by molar-refractivity contribution is 0.610. The summed E-state index contributed by atoms with van der Waals surface area (Å²) in [6.07, 6.45) is 4.55. The fraction of sp³-hybridized carbons (Fsp3) is 0.400. The quantitative estimate of drug-likeness (QED) is 0.914. The molecule has 1 N–H and O–H groups in total. The van der Waals surface area contributed by atoms with E-state index in [-0.39, 0.29) is 5.82 Å². The van der Waals surface area contributed by atoms with Crippen LogP contribution in [-0.2, 0) is 6.42 Å². The Balaban J connectivity index is 1.58. The maximum absolute atomic E-state index is 13.5.